The van der Waals surface area contributed by atoms with Crippen molar-refractivity contribution in [1.29, 1.82) is 0 Å². The molecule has 1 N–H and O–H groups in total. The van der Waals surface area contributed by atoms with Crippen LogP contribution in [0.3, 0.4) is 0 Å². The Kier molecular flexibility index (Phi) is 5.30. The van der Waals surface area contributed by atoms with Crippen LogP contribution in [0.2, 0.25) is 0 Å². The zero-order valence-electron chi connectivity index (χ0n) is 17.9. The lowest BCUT2D eigenvalue weighted by Gasteiger charge is -2.38. The van der Waals surface area contributed by atoms with Gasteiger partial charge in [0.25, 0.3) is 11.5 Å². The van der Waals surface area contributed by atoms with Gasteiger partial charge in [-0.05, 0) is 48.7 Å². The third kappa shape index (κ3) is 4.05. The number of likely N-dealkylation sites (tertiary alicyclic amines) is 1. The van der Waals surface area contributed by atoms with Crippen molar-refractivity contribution in [3.63, 3.8) is 0 Å². The minimum absolute atomic E-state index is 0.116. The number of hydrogen-bond acceptors (Lipinski definition) is 4. The van der Waals surface area contributed by atoms with E-state index in [0.29, 0.717) is 48.1 Å². The standard InChI is InChI=1S/C25H23FN4O3/c26-21-8-2-1-7-20(21)18-5-3-6-19(15-18)23(31)28-13-10-25(33,11-14-28)16-29-17-27-30-12-4-9-22(30)24(29)32/h1-9,12,15,17,33H,10-11,13-14,16H2. The number of nitrogens with zero attached hydrogens (tertiary/aromatic N) is 4. The summed E-state index contributed by atoms with van der Waals surface area (Å²) in [6.07, 6.45) is 3.80. The molecule has 8 heteroatoms. The molecule has 2 aromatic carbocycles. The molecule has 7 nitrogen and oxygen atoms in total. The van der Waals surface area contributed by atoms with Gasteiger partial charge in [-0.2, -0.15) is 5.10 Å². The van der Waals surface area contributed by atoms with Crippen molar-refractivity contribution in [1.82, 2.24) is 19.1 Å². The number of rotatable bonds is 4. The number of aliphatic hydroxyl groups is 1. The Morgan fingerprint density at radius 3 is 2.64 bits per heavy atom. The van der Waals surface area contributed by atoms with Gasteiger partial charge in [-0.3, -0.25) is 14.2 Å². The van der Waals surface area contributed by atoms with Crippen LogP contribution in [0, 0.1) is 5.82 Å². The monoisotopic (exact) mass is 446 g/mol. The largest absolute Gasteiger partial charge is 0.388 e. The minimum atomic E-state index is -1.11. The Hall–Kier alpha value is -3.78. The lowest BCUT2D eigenvalue weighted by molar-refractivity contribution is -0.0300. The van der Waals surface area contributed by atoms with E-state index in [0.717, 1.165) is 0 Å². The number of halogens is 1. The average Bonchev–Trinajstić information content (AvgIpc) is 3.31. The summed E-state index contributed by atoms with van der Waals surface area (Å²) in [6, 6.07) is 16.8. The molecule has 2 aromatic heterocycles. The first-order chi connectivity index (χ1) is 15.9. The van der Waals surface area contributed by atoms with Crippen molar-refractivity contribution in [2.45, 2.75) is 25.0 Å². The lowest BCUT2D eigenvalue weighted by atomic mass is 9.90. The van der Waals surface area contributed by atoms with Gasteiger partial charge in [0.2, 0.25) is 0 Å². The van der Waals surface area contributed by atoms with Gasteiger partial charge in [-0.25, -0.2) is 8.91 Å². The number of benzene rings is 2. The molecule has 0 spiro atoms. The maximum Gasteiger partial charge on any atom is 0.277 e. The highest BCUT2D eigenvalue weighted by Crippen LogP contribution is 2.27. The van der Waals surface area contributed by atoms with Crippen LogP contribution >= 0.6 is 0 Å². The molecule has 0 saturated carbocycles. The van der Waals surface area contributed by atoms with E-state index < -0.39 is 5.60 Å². The highest BCUT2D eigenvalue weighted by atomic mass is 19.1. The van der Waals surface area contributed by atoms with E-state index in [-0.39, 0.29) is 23.8 Å². The molecule has 1 saturated heterocycles. The van der Waals surface area contributed by atoms with Gasteiger partial charge < -0.3 is 10.0 Å². The highest BCUT2D eigenvalue weighted by Gasteiger charge is 2.35. The number of aromatic nitrogens is 3. The topological polar surface area (TPSA) is 79.8 Å². The number of carbonyl (C=O) groups is 1. The fourth-order valence-corrected chi connectivity index (χ4v) is 4.37. The van der Waals surface area contributed by atoms with Crippen molar-refractivity contribution in [2.75, 3.05) is 13.1 Å². The second-order valence-electron chi connectivity index (χ2n) is 8.48. The molecule has 1 amide bonds. The van der Waals surface area contributed by atoms with Gasteiger partial charge in [-0.1, -0.05) is 30.3 Å². The quantitative estimate of drug-likeness (QED) is 0.523. The second-order valence-corrected chi connectivity index (χ2v) is 8.48. The summed E-state index contributed by atoms with van der Waals surface area (Å²) in [5.74, 6) is -0.503. The van der Waals surface area contributed by atoms with E-state index in [9.17, 15) is 19.1 Å². The molecule has 1 fully saturated rings. The van der Waals surface area contributed by atoms with Crippen LogP contribution < -0.4 is 5.56 Å². The van der Waals surface area contributed by atoms with Crippen LogP contribution in [-0.2, 0) is 6.54 Å². The van der Waals surface area contributed by atoms with Crippen LogP contribution in [0.4, 0.5) is 4.39 Å². The minimum Gasteiger partial charge on any atom is -0.388 e. The summed E-state index contributed by atoms with van der Waals surface area (Å²) in [5, 5.41) is 15.3. The van der Waals surface area contributed by atoms with Gasteiger partial charge in [0.1, 0.15) is 17.7 Å². The molecule has 0 aliphatic carbocycles. The van der Waals surface area contributed by atoms with E-state index in [1.807, 2.05) is 0 Å². The van der Waals surface area contributed by atoms with E-state index in [1.165, 1.54) is 21.5 Å². The van der Waals surface area contributed by atoms with Gasteiger partial charge in [-0.15, -0.1) is 0 Å². The Bertz CT molecular complexity index is 1390. The maximum absolute atomic E-state index is 14.2. The summed E-state index contributed by atoms with van der Waals surface area (Å²) in [7, 11) is 0. The summed E-state index contributed by atoms with van der Waals surface area (Å²) in [4.78, 5) is 27.4. The smallest absolute Gasteiger partial charge is 0.277 e. The van der Waals surface area contributed by atoms with Crippen LogP contribution in [0.5, 0.6) is 0 Å². The van der Waals surface area contributed by atoms with Crippen LogP contribution in [0.25, 0.3) is 16.6 Å². The summed E-state index contributed by atoms with van der Waals surface area (Å²) in [6.45, 7) is 0.828. The van der Waals surface area contributed by atoms with E-state index in [1.54, 1.807) is 65.7 Å². The predicted molar refractivity (Wildman–Crippen MR) is 121 cm³/mol. The van der Waals surface area contributed by atoms with Gasteiger partial charge in [0, 0.05) is 30.4 Å². The maximum atomic E-state index is 14.2. The fourth-order valence-electron chi connectivity index (χ4n) is 4.37. The van der Waals surface area contributed by atoms with Crippen molar-refractivity contribution < 1.29 is 14.3 Å². The van der Waals surface area contributed by atoms with Crippen molar-refractivity contribution in [3.8, 4) is 11.1 Å². The first-order valence-electron chi connectivity index (χ1n) is 10.8. The molecule has 0 unspecified atom stereocenters. The van der Waals surface area contributed by atoms with E-state index >= 15 is 0 Å². The highest BCUT2D eigenvalue weighted by molar-refractivity contribution is 5.95. The number of piperidine rings is 1. The average molecular weight is 446 g/mol. The lowest BCUT2D eigenvalue weighted by Crippen LogP contribution is -2.49. The summed E-state index contributed by atoms with van der Waals surface area (Å²) < 4.78 is 17.1. The Morgan fingerprint density at radius 2 is 1.85 bits per heavy atom. The SMILES string of the molecule is O=C(c1cccc(-c2ccccc2F)c1)N1CCC(O)(Cn2cnn3cccc3c2=O)CC1. The van der Waals surface area contributed by atoms with E-state index in [2.05, 4.69) is 5.10 Å². The molecule has 0 atom stereocenters. The third-order valence-electron chi connectivity index (χ3n) is 6.26. The Labute approximate surface area is 189 Å². The predicted octanol–water partition coefficient (Wildman–Crippen LogP) is 2.97. The summed E-state index contributed by atoms with van der Waals surface area (Å²) >= 11 is 0. The summed E-state index contributed by atoms with van der Waals surface area (Å²) in [5.41, 5.74) is 0.678. The molecule has 5 rings (SSSR count). The molecular formula is C25H23FN4O3. The normalized spacial score (nSPS) is 15.6. The van der Waals surface area contributed by atoms with Gasteiger partial charge >= 0.3 is 0 Å². The molecule has 4 aromatic rings. The first kappa shape index (κ1) is 21.1. The number of carbonyl (C=O) groups excluding carboxylic acids is 1. The zero-order chi connectivity index (χ0) is 23.0. The number of fused-ring (bicyclic) bond motifs is 1. The molecule has 3 heterocycles. The van der Waals surface area contributed by atoms with Crippen molar-refractivity contribution in [3.05, 3.63) is 94.9 Å². The molecule has 168 valence electrons. The Balaban J connectivity index is 1.29. The van der Waals surface area contributed by atoms with Crippen molar-refractivity contribution in [2.24, 2.45) is 0 Å². The molecule has 1 aliphatic heterocycles. The second kappa shape index (κ2) is 8.29. The molecule has 0 radical (unpaired) electrons. The van der Waals surface area contributed by atoms with Crippen LogP contribution in [-0.4, -0.2) is 48.8 Å². The number of amides is 1. The molecular weight excluding hydrogens is 423 g/mol. The molecule has 0 bridgehead atoms. The van der Waals surface area contributed by atoms with Crippen LogP contribution in [0.1, 0.15) is 23.2 Å². The molecule has 33 heavy (non-hydrogen) atoms. The van der Waals surface area contributed by atoms with Gasteiger partial charge in [0.05, 0.1) is 12.1 Å². The Morgan fingerprint density at radius 1 is 1.06 bits per heavy atom. The van der Waals surface area contributed by atoms with Crippen molar-refractivity contribution >= 4 is 11.4 Å². The van der Waals surface area contributed by atoms with E-state index in [4.69, 9.17) is 0 Å². The first-order valence-corrected chi connectivity index (χ1v) is 10.8. The zero-order valence-corrected chi connectivity index (χ0v) is 17.9. The van der Waals surface area contributed by atoms with Crippen LogP contribution in [0.15, 0.2) is 78.0 Å². The molecule has 1 aliphatic rings. The fraction of sp³-hybridized carbons (Fsp3) is 0.240. The third-order valence-corrected chi connectivity index (χ3v) is 6.26. The number of hydrogen-bond donors (Lipinski definition) is 1. The van der Waals surface area contributed by atoms with Gasteiger partial charge in [0.15, 0.2) is 0 Å².